The Hall–Kier alpha value is -0.350. The van der Waals surface area contributed by atoms with Crippen molar-refractivity contribution in [1.29, 1.82) is 0 Å². The van der Waals surface area contributed by atoms with Crippen molar-refractivity contribution in [3.8, 4) is 0 Å². The normalized spacial score (nSPS) is 13.2. The lowest BCUT2D eigenvalue weighted by atomic mass is 10.2. The molecule has 0 aliphatic rings. The van der Waals surface area contributed by atoms with Crippen molar-refractivity contribution in [3.05, 3.63) is 17.1 Å². The summed E-state index contributed by atoms with van der Waals surface area (Å²) in [5.74, 6) is 0.625. The van der Waals surface area contributed by atoms with E-state index < -0.39 is 0 Å². The van der Waals surface area contributed by atoms with Crippen molar-refractivity contribution in [2.75, 3.05) is 13.6 Å². The van der Waals surface area contributed by atoms with Crippen LogP contribution in [-0.2, 0) is 6.54 Å². The van der Waals surface area contributed by atoms with Gasteiger partial charge in [0.2, 0.25) is 0 Å². The van der Waals surface area contributed by atoms with Crippen molar-refractivity contribution in [2.24, 2.45) is 5.92 Å². The van der Waals surface area contributed by atoms with Crippen molar-refractivity contribution in [3.63, 3.8) is 0 Å². The fourth-order valence-corrected chi connectivity index (χ4v) is 1.58. The van der Waals surface area contributed by atoms with E-state index >= 15 is 0 Å². The minimum absolute atomic E-state index is 0.625. The summed E-state index contributed by atoms with van der Waals surface area (Å²) >= 11 is 3.38. The van der Waals surface area contributed by atoms with Gasteiger partial charge in [0.1, 0.15) is 0 Å². The van der Waals surface area contributed by atoms with Crippen LogP contribution < -0.4 is 5.32 Å². The van der Waals surface area contributed by atoms with E-state index in [9.17, 15) is 0 Å². The van der Waals surface area contributed by atoms with Crippen LogP contribution in [0.1, 0.15) is 6.92 Å². The number of nitrogens with one attached hydrogen (secondary N) is 1. The Morgan fingerprint density at radius 3 is 3.00 bits per heavy atom. The summed E-state index contributed by atoms with van der Waals surface area (Å²) in [4.78, 5) is 4.09. The first-order valence-corrected chi connectivity index (χ1v) is 4.84. The van der Waals surface area contributed by atoms with Crippen molar-refractivity contribution < 1.29 is 0 Å². The molecule has 1 rings (SSSR count). The SMILES string of the molecule is CNCC(C)Cn1ccnc1Br. The van der Waals surface area contributed by atoms with Crippen molar-refractivity contribution in [2.45, 2.75) is 13.5 Å². The highest BCUT2D eigenvalue weighted by molar-refractivity contribution is 9.10. The number of nitrogens with zero attached hydrogens (tertiary/aromatic N) is 2. The Balaban J connectivity index is 2.46. The van der Waals surface area contributed by atoms with Crippen LogP contribution >= 0.6 is 15.9 Å². The minimum atomic E-state index is 0.625. The first-order chi connectivity index (χ1) is 5.74. The van der Waals surface area contributed by atoms with Gasteiger partial charge in [-0.2, -0.15) is 0 Å². The summed E-state index contributed by atoms with van der Waals surface area (Å²) in [6.45, 7) is 4.25. The van der Waals surface area contributed by atoms with Crippen LogP contribution in [0.5, 0.6) is 0 Å². The Morgan fingerprint density at radius 2 is 2.50 bits per heavy atom. The number of hydrogen-bond acceptors (Lipinski definition) is 2. The van der Waals surface area contributed by atoms with Crippen LogP contribution in [0.15, 0.2) is 17.1 Å². The molecule has 0 aromatic carbocycles. The van der Waals surface area contributed by atoms with Crippen LogP contribution in [0.3, 0.4) is 0 Å². The Labute approximate surface area is 81.3 Å². The largest absolute Gasteiger partial charge is 0.325 e. The van der Waals surface area contributed by atoms with E-state index in [-0.39, 0.29) is 0 Å². The second-order valence-electron chi connectivity index (χ2n) is 3.01. The van der Waals surface area contributed by atoms with Gasteiger partial charge in [0.05, 0.1) is 0 Å². The molecule has 1 aromatic heterocycles. The summed E-state index contributed by atoms with van der Waals surface area (Å²) < 4.78 is 3.01. The lowest BCUT2D eigenvalue weighted by Crippen LogP contribution is -2.20. The van der Waals surface area contributed by atoms with Gasteiger partial charge < -0.3 is 9.88 Å². The molecule has 0 aliphatic carbocycles. The molecule has 0 spiro atoms. The van der Waals surface area contributed by atoms with Crippen LogP contribution in [0.2, 0.25) is 0 Å². The maximum atomic E-state index is 4.09. The number of imidazole rings is 1. The topological polar surface area (TPSA) is 29.9 Å². The molecule has 0 amide bonds. The molecule has 1 atom stereocenters. The fourth-order valence-electron chi connectivity index (χ4n) is 1.20. The summed E-state index contributed by atoms with van der Waals surface area (Å²) in [6.07, 6.45) is 3.78. The molecule has 12 heavy (non-hydrogen) atoms. The summed E-state index contributed by atoms with van der Waals surface area (Å²) in [5, 5.41) is 3.15. The predicted molar refractivity (Wildman–Crippen MR) is 53.0 cm³/mol. The Kier molecular flexibility index (Phi) is 3.75. The van der Waals surface area contributed by atoms with Gasteiger partial charge in [0.15, 0.2) is 4.73 Å². The monoisotopic (exact) mass is 231 g/mol. The molecular formula is C8H14BrN3. The van der Waals surface area contributed by atoms with Gasteiger partial charge >= 0.3 is 0 Å². The Morgan fingerprint density at radius 1 is 1.75 bits per heavy atom. The van der Waals surface area contributed by atoms with Crippen LogP contribution in [0.4, 0.5) is 0 Å². The van der Waals surface area contributed by atoms with Gasteiger partial charge in [0, 0.05) is 18.9 Å². The van der Waals surface area contributed by atoms with E-state index in [0.29, 0.717) is 5.92 Å². The highest BCUT2D eigenvalue weighted by Crippen LogP contribution is 2.08. The van der Waals surface area contributed by atoms with E-state index in [0.717, 1.165) is 17.8 Å². The number of aromatic nitrogens is 2. The van der Waals surface area contributed by atoms with E-state index in [2.05, 4.69) is 37.7 Å². The number of halogens is 1. The third kappa shape index (κ3) is 2.60. The molecule has 4 heteroatoms. The molecule has 0 saturated heterocycles. The lowest BCUT2D eigenvalue weighted by Gasteiger charge is -2.11. The second-order valence-corrected chi connectivity index (χ2v) is 3.72. The third-order valence-electron chi connectivity index (χ3n) is 1.73. The van der Waals surface area contributed by atoms with Crippen LogP contribution in [0, 0.1) is 5.92 Å². The molecule has 0 aliphatic heterocycles. The van der Waals surface area contributed by atoms with Gasteiger partial charge in [-0.1, -0.05) is 6.92 Å². The van der Waals surface area contributed by atoms with E-state index in [4.69, 9.17) is 0 Å². The average Bonchev–Trinajstić information content (AvgIpc) is 2.37. The standard InChI is InChI=1S/C8H14BrN3/c1-7(5-10-2)6-12-4-3-11-8(12)9/h3-4,7,10H,5-6H2,1-2H3. The van der Waals surface area contributed by atoms with Crippen molar-refractivity contribution >= 4 is 15.9 Å². The quantitative estimate of drug-likeness (QED) is 0.852. The van der Waals surface area contributed by atoms with Gasteiger partial charge in [-0.25, -0.2) is 4.98 Å². The molecule has 1 heterocycles. The molecular weight excluding hydrogens is 218 g/mol. The highest BCUT2D eigenvalue weighted by Gasteiger charge is 2.03. The molecule has 0 bridgehead atoms. The zero-order valence-corrected chi connectivity index (χ0v) is 9.00. The average molecular weight is 232 g/mol. The molecule has 68 valence electrons. The van der Waals surface area contributed by atoms with Crippen molar-refractivity contribution in [1.82, 2.24) is 14.9 Å². The maximum absolute atomic E-state index is 4.09. The number of rotatable bonds is 4. The van der Waals surface area contributed by atoms with E-state index in [1.54, 1.807) is 6.20 Å². The van der Waals surface area contributed by atoms with Gasteiger partial charge in [-0.15, -0.1) is 0 Å². The minimum Gasteiger partial charge on any atom is -0.325 e. The zero-order chi connectivity index (χ0) is 8.97. The smallest absolute Gasteiger partial charge is 0.177 e. The van der Waals surface area contributed by atoms with Crippen LogP contribution in [0.25, 0.3) is 0 Å². The molecule has 1 aromatic rings. The van der Waals surface area contributed by atoms with E-state index in [1.165, 1.54) is 0 Å². The fraction of sp³-hybridized carbons (Fsp3) is 0.625. The first-order valence-electron chi connectivity index (χ1n) is 4.05. The van der Waals surface area contributed by atoms with Gasteiger partial charge in [-0.3, -0.25) is 0 Å². The zero-order valence-electron chi connectivity index (χ0n) is 7.42. The molecule has 0 radical (unpaired) electrons. The first kappa shape index (κ1) is 9.74. The summed E-state index contributed by atoms with van der Waals surface area (Å²) in [7, 11) is 1.97. The third-order valence-corrected chi connectivity index (χ3v) is 2.39. The lowest BCUT2D eigenvalue weighted by molar-refractivity contribution is 0.457. The van der Waals surface area contributed by atoms with E-state index in [1.807, 2.05) is 13.2 Å². The molecule has 1 unspecified atom stereocenters. The number of hydrogen-bond donors (Lipinski definition) is 1. The molecule has 0 saturated carbocycles. The molecule has 1 N–H and O–H groups in total. The molecule has 0 fully saturated rings. The predicted octanol–water partition coefficient (Wildman–Crippen LogP) is 1.50. The summed E-state index contributed by atoms with van der Waals surface area (Å²) in [5.41, 5.74) is 0. The second kappa shape index (κ2) is 4.62. The highest BCUT2D eigenvalue weighted by atomic mass is 79.9. The summed E-state index contributed by atoms with van der Waals surface area (Å²) in [6, 6.07) is 0. The van der Waals surface area contributed by atoms with Crippen LogP contribution in [-0.4, -0.2) is 23.1 Å². The van der Waals surface area contributed by atoms with Gasteiger partial charge in [0.25, 0.3) is 0 Å². The maximum Gasteiger partial charge on any atom is 0.177 e. The molecule has 3 nitrogen and oxygen atoms in total. The van der Waals surface area contributed by atoms with Gasteiger partial charge in [-0.05, 0) is 35.4 Å². The Bertz CT molecular complexity index is 234.